The molecule has 0 bridgehead atoms. The zero-order valence-electron chi connectivity index (χ0n) is 36.6. The lowest BCUT2D eigenvalue weighted by atomic mass is 9.85. The summed E-state index contributed by atoms with van der Waals surface area (Å²) in [7, 11) is -5.11. The summed E-state index contributed by atoms with van der Waals surface area (Å²) in [6.45, 7) is 3.26. The van der Waals surface area contributed by atoms with E-state index in [0.717, 1.165) is 64.2 Å². The van der Waals surface area contributed by atoms with E-state index in [1.54, 1.807) is 0 Å². The Kier molecular flexibility index (Phi) is 33.7. The van der Waals surface area contributed by atoms with Crippen LogP contribution in [0.25, 0.3) is 0 Å². The number of rotatable bonds is 38. The molecule has 13 nitrogen and oxygen atoms in total. The molecule has 1 rings (SSSR count). The van der Waals surface area contributed by atoms with Crippen LogP contribution in [0.15, 0.2) is 24.3 Å². The van der Waals surface area contributed by atoms with Gasteiger partial charge >= 0.3 is 19.8 Å². The molecule has 0 aromatic rings. The highest BCUT2D eigenvalue weighted by molar-refractivity contribution is 7.47. The van der Waals surface area contributed by atoms with Gasteiger partial charge in [-0.25, -0.2) is 4.57 Å². The van der Waals surface area contributed by atoms with Gasteiger partial charge < -0.3 is 39.9 Å². The first-order valence-electron chi connectivity index (χ1n) is 23.1. The minimum Gasteiger partial charge on any atom is -0.462 e. The monoisotopic (exact) mass is 863 g/mol. The lowest BCUT2D eigenvalue weighted by molar-refractivity contribution is -0.220. The van der Waals surface area contributed by atoms with Gasteiger partial charge in [0.1, 0.15) is 43.2 Å². The maximum absolute atomic E-state index is 12.8. The van der Waals surface area contributed by atoms with Crippen molar-refractivity contribution in [3.8, 4) is 0 Å². The minimum absolute atomic E-state index is 0.0992. The van der Waals surface area contributed by atoms with E-state index in [1.165, 1.54) is 89.9 Å². The highest BCUT2D eigenvalue weighted by Gasteiger charge is 2.51. The van der Waals surface area contributed by atoms with Gasteiger partial charge in [-0.05, 0) is 44.9 Å². The Balaban J connectivity index is 2.42. The number of unbranched alkanes of at least 4 members (excludes halogenated alkanes) is 22. The number of hydrogen-bond acceptors (Lipinski definition) is 12. The molecule has 0 spiro atoms. The van der Waals surface area contributed by atoms with Gasteiger partial charge in [0.15, 0.2) is 6.10 Å². The number of allylic oxidation sites excluding steroid dienone is 4. The van der Waals surface area contributed by atoms with Gasteiger partial charge in [0.05, 0.1) is 6.61 Å². The van der Waals surface area contributed by atoms with Crippen molar-refractivity contribution in [2.75, 3.05) is 13.2 Å². The number of esters is 2. The summed E-state index contributed by atoms with van der Waals surface area (Å²) in [4.78, 5) is 35.6. The van der Waals surface area contributed by atoms with Gasteiger partial charge in [-0.15, -0.1) is 0 Å². The molecule has 0 amide bonds. The van der Waals surface area contributed by atoms with E-state index in [-0.39, 0.29) is 12.8 Å². The second kappa shape index (κ2) is 35.9. The molecule has 0 aliphatic heterocycles. The highest BCUT2D eigenvalue weighted by Crippen LogP contribution is 2.47. The lowest BCUT2D eigenvalue weighted by Gasteiger charge is -2.41. The van der Waals surface area contributed by atoms with E-state index in [9.17, 15) is 44.6 Å². The van der Waals surface area contributed by atoms with Crippen molar-refractivity contribution in [3.63, 3.8) is 0 Å². The number of ether oxygens (including phenoxy) is 2. The third-order valence-corrected chi connectivity index (χ3v) is 11.8. The average Bonchev–Trinajstić information content (AvgIpc) is 3.21. The van der Waals surface area contributed by atoms with E-state index in [2.05, 4.69) is 38.2 Å². The third kappa shape index (κ3) is 28.5. The Hall–Kier alpha value is -1.67. The van der Waals surface area contributed by atoms with Gasteiger partial charge in [-0.1, -0.05) is 160 Å². The van der Waals surface area contributed by atoms with E-state index in [4.69, 9.17) is 18.5 Å². The maximum atomic E-state index is 12.8. The predicted octanol–water partition coefficient (Wildman–Crippen LogP) is 8.84. The van der Waals surface area contributed by atoms with Crippen LogP contribution in [0.3, 0.4) is 0 Å². The first-order valence-corrected chi connectivity index (χ1v) is 24.6. The molecule has 346 valence electrons. The van der Waals surface area contributed by atoms with Gasteiger partial charge in [-0.2, -0.15) is 0 Å². The molecule has 8 atom stereocenters. The van der Waals surface area contributed by atoms with Crippen LogP contribution < -0.4 is 0 Å². The zero-order valence-corrected chi connectivity index (χ0v) is 37.4. The van der Waals surface area contributed by atoms with Gasteiger partial charge in [0.25, 0.3) is 0 Å². The Morgan fingerprint density at radius 2 is 0.915 bits per heavy atom. The largest absolute Gasteiger partial charge is 0.472 e. The number of aliphatic hydroxyl groups excluding tert-OH is 5. The Bertz CT molecular complexity index is 1130. The number of aliphatic hydroxyl groups is 5. The summed E-state index contributed by atoms with van der Waals surface area (Å²) in [5, 5.41) is 50.1. The molecule has 1 aliphatic carbocycles. The van der Waals surface area contributed by atoms with Gasteiger partial charge in [0, 0.05) is 12.8 Å². The van der Waals surface area contributed by atoms with Crippen LogP contribution in [-0.4, -0.2) is 98.3 Å². The normalized spacial score (nSPS) is 22.5. The van der Waals surface area contributed by atoms with Crippen molar-refractivity contribution in [1.29, 1.82) is 0 Å². The third-order valence-electron chi connectivity index (χ3n) is 10.8. The summed E-state index contributed by atoms with van der Waals surface area (Å²) >= 11 is 0. The molecular formula is C45H83O13P. The second-order valence-electron chi connectivity index (χ2n) is 16.3. The molecule has 0 radical (unpaired) electrons. The lowest BCUT2D eigenvalue weighted by Crippen LogP contribution is -2.64. The number of carbonyl (C=O) groups excluding carboxylic acids is 2. The predicted molar refractivity (Wildman–Crippen MR) is 230 cm³/mol. The Morgan fingerprint density at radius 1 is 0.525 bits per heavy atom. The van der Waals surface area contributed by atoms with Crippen molar-refractivity contribution in [3.05, 3.63) is 24.3 Å². The SMILES string of the molecule is CCCCC/C=C/C/C=C/CCCCCCCCCCCC(=O)OC[C@H](COP(=O)(O)OC1C(O)C(O)C(O)[C@@H](O)C1O)OC(=O)CCCCCCCCCCCCC. The van der Waals surface area contributed by atoms with E-state index in [0.29, 0.717) is 12.8 Å². The van der Waals surface area contributed by atoms with Crippen molar-refractivity contribution in [2.24, 2.45) is 0 Å². The first kappa shape index (κ1) is 55.3. The average molecular weight is 863 g/mol. The second-order valence-corrected chi connectivity index (χ2v) is 17.7. The standard InChI is InChI=1S/C45H83O13P/c1-3-5-7-9-11-13-15-16-17-18-19-20-21-22-24-25-27-29-31-33-38(46)55-35-37(57-39(47)34-32-30-28-26-23-14-12-10-8-6-4-2)36-56-59(53,54)58-45-43(51)41(49)40(48)42(50)44(45)52/h11,13,16-17,37,40-45,48-52H,3-10,12,14-15,18-36H2,1-2H3,(H,53,54)/b13-11+,17-16+/t37-,40?,41-,42?,43?,44?,45?/m1/s1. The molecule has 6 N–H and O–H groups in total. The quantitative estimate of drug-likeness (QED) is 0.0149. The molecule has 59 heavy (non-hydrogen) atoms. The van der Waals surface area contributed by atoms with Crippen molar-refractivity contribution >= 4 is 19.8 Å². The fourth-order valence-electron chi connectivity index (χ4n) is 7.02. The number of phosphoric acid groups is 1. The Labute approximate surface area is 356 Å². The van der Waals surface area contributed by atoms with Crippen molar-refractivity contribution < 1.29 is 63.1 Å². The molecule has 1 saturated carbocycles. The van der Waals surface area contributed by atoms with Crippen molar-refractivity contribution in [2.45, 2.75) is 236 Å². The van der Waals surface area contributed by atoms with E-state index in [1.807, 2.05) is 0 Å². The fraction of sp³-hybridized carbons (Fsp3) is 0.867. The zero-order chi connectivity index (χ0) is 43.6. The number of carbonyl (C=O) groups is 2. The Morgan fingerprint density at radius 3 is 1.41 bits per heavy atom. The molecule has 1 aliphatic rings. The summed E-state index contributed by atoms with van der Waals surface area (Å²) in [5.74, 6) is -1.10. The van der Waals surface area contributed by atoms with Gasteiger partial charge in [-0.3, -0.25) is 18.6 Å². The topological polar surface area (TPSA) is 210 Å². The summed E-state index contributed by atoms with van der Waals surface area (Å²) in [5.41, 5.74) is 0. The summed E-state index contributed by atoms with van der Waals surface area (Å²) in [6.07, 6.45) is 25.2. The molecule has 0 aromatic carbocycles. The van der Waals surface area contributed by atoms with Gasteiger partial charge in [0.2, 0.25) is 0 Å². The smallest absolute Gasteiger partial charge is 0.462 e. The molecule has 1 fully saturated rings. The molecule has 0 aromatic heterocycles. The number of hydrogen-bond donors (Lipinski definition) is 6. The van der Waals surface area contributed by atoms with E-state index >= 15 is 0 Å². The highest BCUT2D eigenvalue weighted by atomic mass is 31.2. The fourth-order valence-corrected chi connectivity index (χ4v) is 8.00. The minimum atomic E-state index is -5.11. The van der Waals surface area contributed by atoms with E-state index < -0.39 is 75.7 Å². The van der Waals surface area contributed by atoms with Crippen LogP contribution in [0.5, 0.6) is 0 Å². The molecule has 14 heteroatoms. The molecule has 0 saturated heterocycles. The van der Waals surface area contributed by atoms with Crippen LogP contribution >= 0.6 is 7.82 Å². The molecular weight excluding hydrogens is 779 g/mol. The van der Waals surface area contributed by atoms with Crippen LogP contribution in [0.2, 0.25) is 0 Å². The first-order chi connectivity index (χ1) is 28.4. The summed E-state index contributed by atoms with van der Waals surface area (Å²) in [6, 6.07) is 0. The van der Waals surface area contributed by atoms with Crippen LogP contribution in [-0.2, 0) is 32.7 Å². The maximum Gasteiger partial charge on any atom is 0.472 e. The van der Waals surface area contributed by atoms with Crippen molar-refractivity contribution in [1.82, 2.24) is 0 Å². The number of phosphoric ester groups is 1. The molecule has 6 unspecified atom stereocenters. The molecule has 0 heterocycles. The summed E-state index contributed by atoms with van der Waals surface area (Å²) < 4.78 is 33.5. The van der Waals surface area contributed by atoms with Crippen LogP contribution in [0.1, 0.15) is 194 Å². The van der Waals surface area contributed by atoms with Crippen LogP contribution in [0, 0.1) is 0 Å². The van der Waals surface area contributed by atoms with Crippen LogP contribution in [0.4, 0.5) is 0 Å².